The van der Waals surface area contributed by atoms with Crippen molar-refractivity contribution in [3.8, 4) is 28.2 Å². The lowest BCUT2D eigenvalue weighted by Crippen LogP contribution is -2.01. The lowest BCUT2D eigenvalue weighted by molar-refractivity contribution is 0.282. The van der Waals surface area contributed by atoms with Gasteiger partial charge in [0.2, 0.25) is 0 Å². The van der Waals surface area contributed by atoms with Gasteiger partial charge in [0.15, 0.2) is 5.43 Å². The van der Waals surface area contributed by atoms with Crippen molar-refractivity contribution in [2.45, 2.75) is 6.61 Å². The third kappa shape index (κ3) is 2.57. The van der Waals surface area contributed by atoms with Crippen molar-refractivity contribution in [3.63, 3.8) is 0 Å². The summed E-state index contributed by atoms with van der Waals surface area (Å²) in [5, 5.41) is 10.7. The predicted molar refractivity (Wildman–Crippen MR) is 97.0 cm³/mol. The highest BCUT2D eigenvalue weighted by molar-refractivity contribution is 6.02. The fraction of sp³-hybridized carbons (Fsp3) is 0.0952. The Morgan fingerprint density at radius 2 is 1.84 bits per heavy atom. The van der Waals surface area contributed by atoms with Crippen molar-refractivity contribution in [2.75, 3.05) is 7.11 Å². The molecule has 2 aromatic rings. The van der Waals surface area contributed by atoms with Crippen LogP contribution in [-0.4, -0.2) is 12.2 Å². The molecule has 0 spiro atoms. The largest absolute Gasteiger partial charge is 0.497 e. The second-order valence-electron chi connectivity index (χ2n) is 5.81. The summed E-state index contributed by atoms with van der Waals surface area (Å²) in [5.41, 5.74) is 4.01. The molecule has 0 saturated heterocycles. The Kier molecular flexibility index (Phi) is 3.75. The highest BCUT2D eigenvalue weighted by Gasteiger charge is 2.19. The molecule has 0 unspecified atom stereocenters. The Balaban J connectivity index is 2.18. The molecule has 4 rings (SSSR count). The van der Waals surface area contributed by atoms with E-state index < -0.39 is 0 Å². The summed E-state index contributed by atoms with van der Waals surface area (Å²) in [7, 11) is 1.60. The minimum Gasteiger partial charge on any atom is -0.497 e. The molecule has 0 saturated carbocycles. The van der Waals surface area contributed by atoms with E-state index in [0.717, 1.165) is 27.6 Å². The van der Waals surface area contributed by atoms with Crippen LogP contribution < -0.4 is 10.2 Å². The van der Waals surface area contributed by atoms with Crippen LogP contribution in [0.15, 0.2) is 69.9 Å². The van der Waals surface area contributed by atoms with Crippen LogP contribution in [0.3, 0.4) is 0 Å². The number of hydrogen-bond acceptors (Lipinski definition) is 4. The maximum Gasteiger partial charge on any atom is 0.182 e. The fourth-order valence-electron chi connectivity index (χ4n) is 3.17. The van der Waals surface area contributed by atoms with Gasteiger partial charge in [-0.2, -0.15) is 0 Å². The maximum absolute atomic E-state index is 11.8. The topological polar surface area (TPSA) is 59.7 Å². The molecular formula is C21H16O4. The lowest BCUT2D eigenvalue weighted by atomic mass is 9.91. The Hall–Kier alpha value is -3.11. The van der Waals surface area contributed by atoms with Crippen molar-refractivity contribution in [3.05, 3.63) is 76.5 Å². The third-order valence-corrected chi connectivity index (χ3v) is 4.36. The molecule has 4 heteroatoms. The lowest BCUT2D eigenvalue weighted by Gasteiger charge is -2.17. The minimum absolute atomic E-state index is 0.0685. The number of hydrogen-bond donors (Lipinski definition) is 1. The van der Waals surface area contributed by atoms with Gasteiger partial charge in [-0.15, -0.1) is 0 Å². The van der Waals surface area contributed by atoms with Crippen LogP contribution in [0.2, 0.25) is 0 Å². The smallest absolute Gasteiger partial charge is 0.182 e. The predicted octanol–water partition coefficient (Wildman–Crippen LogP) is 4.07. The normalized spacial score (nSPS) is 11.1. The fourth-order valence-corrected chi connectivity index (χ4v) is 3.17. The first kappa shape index (κ1) is 15.4. The average Bonchev–Trinajstić information content (AvgIpc) is 2.65. The van der Waals surface area contributed by atoms with Crippen molar-refractivity contribution >= 4 is 11.0 Å². The van der Waals surface area contributed by atoms with E-state index in [2.05, 4.69) is 0 Å². The molecule has 0 fully saturated rings. The van der Waals surface area contributed by atoms with E-state index in [1.165, 1.54) is 12.1 Å². The van der Waals surface area contributed by atoms with Crippen LogP contribution in [0.1, 0.15) is 5.56 Å². The molecular weight excluding hydrogens is 316 g/mol. The molecule has 25 heavy (non-hydrogen) atoms. The van der Waals surface area contributed by atoms with Crippen molar-refractivity contribution < 1.29 is 14.3 Å². The van der Waals surface area contributed by atoms with E-state index in [0.29, 0.717) is 17.1 Å². The monoisotopic (exact) mass is 332 g/mol. The van der Waals surface area contributed by atoms with Crippen molar-refractivity contribution in [1.29, 1.82) is 0 Å². The molecule has 0 atom stereocenters. The zero-order valence-electron chi connectivity index (χ0n) is 13.7. The van der Waals surface area contributed by atoms with E-state index >= 15 is 0 Å². The molecule has 0 radical (unpaired) electrons. The number of ether oxygens (including phenoxy) is 1. The van der Waals surface area contributed by atoms with Crippen LogP contribution in [0.4, 0.5) is 0 Å². The summed E-state index contributed by atoms with van der Waals surface area (Å²) in [6.07, 6.45) is 0. The van der Waals surface area contributed by atoms with Crippen LogP contribution in [0.25, 0.3) is 33.4 Å². The second-order valence-corrected chi connectivity index (χ2v) is 5.81. The summed E-state index contributed by atoms with van der Waals surface area (Å²) in [5.74, 6) is 1.19. The maximum atomic E-state index is 11.8. The number of fused-ring (bicyclic) bond motifs is 2. The number of rotatable bonds is 3. The summed E-state index contributed by atoms with van der Waals surface area (Å²) < 4.78 is 11.2. The zero-order chi connectivity index (χ0) is 17.4. The standard InChI is InChI=1S/C21H16O4/c1-24-15-7-9-18-20(11-15)25-19-10-14(23)6-8-17(19)21(18)16-5-3-2-4-13(16)12-22/h2-11,22H,12H2,1H3. The molecule has 0 aromatic heterocycles. The highest BCUT2D eigenvalue weighted by atomic mass is 16.5. The zero-order valence-corrected chi connectivity index (χ0v) is 13.7. The van der Waals surface area contributed by atoms with Gasteiger partial charge in [-0.3, -0.25) is 4.79 Å². The van der Waals surface area contributed by atoms with Gasteiger partial charge in [0.1, 0.15) is 17.1 Å². The molecule has 1 heterocycles. The first-order chi connectivity index (χ1) is 12.2. The first-order valence-electron chi connectivity index (χ1n) is 7.95. The molecule has 124 valence electrons. The van der Waals surface area contributed by atoms with Gasteiger partial charge in [-0.25, -0.2) is 0 Å². The Morgan fingerprint density at radius 3 is 2.64 bits per heavy atom. The molecule has 1 N–H and O–H groups in total. The van der Waals surface area contributed by atoms with Crippen molar-refractivity contribution in [1.82, 2.24) is 0 Å². The quantitative estimate of drug-likeness (QED) is 0.575. The van der Waals surface area contributed by atoms with Gasteiger partial charge in [-0.05, 0) is 35.4 Å². The van der Waals surface area contributed by atoms with Gasteiger partial charge in [0.25, 0.3) is 0 Å². The SMILES string of the molecule is COc1ccc2c(-c3ccccc3CO)c3ccc(=O)cc-3oc2c1. The molecule has 1 aliphatic heterocycles. The van der Waals surface area contributed by atoms with Gasteiger partial charge < -0.3 is 14.3 Å². The van der Waals surface area contributed by atoms with Crippen LogP contribution in [-0.2, 0) is 6.61 Å². The highest BCUT2D eigenvalue weighted by Crippen LogP contribution is 2.41. The van der Waals surface area contributed by atoms with E-state index in [9.17, 15) is 9.90 Å². The van der Waals surface area contributed by atoms with Gasteiger partial charge >= 0.3 is 0 Å². The van der Waals surface area contributed by atoms with Gasteiger partial charge in [0.05, 0.1) is 13.7 Å². The Bertz CT molecular complexity index is 1090. The number of methoxy groups -OCH3 is 1. The van der Waals surface area contributed by atoms with Crippen LogP contribution in [0.5, 0.6) is 5.75 Å². The molecule has 1 aliphatic carbocycles. The summed E-state index contributed by atoms with van der Waals surface area (Å²) >= 11 is 0. The summed E-state index contributed by atoms with van der Waals surface area (Å²) in [6.45, 7) is -0.0685. The second kappa shape index (κ2) is 6.07. The first-order valence-corrected chi connectivity index (χ1v) is 7.95. The molecule has 4 nitrogen and oxygen atoms in total. The molecule has 0 amide bonds. The number of benzene rings is 3. The average molecular weight is 332 g/mol. The summed E-state index contributed by atoms with van der Waals surface area (Å²) in [4.78, 5) is 11.8. The molecule has 2 aliphatic rings. The van der Waals surface area contributed by atoms with Crippen molar-refractivity contribution in [2.24, 2.45) is 0 Å². The molecule has 2 aromatic carbocycles. The minimum atomic E-state index is -0.111. The van der Waals surface area contributed by atoms with Gasteiger partial charge in [0, 0.05) is 28.6 Å². The van der Waals surface area contributed by atoms with Crippen LogP contribution >= 0.6 is 0 Å². The Morgan fingerprint density at radius 1 is 1.00 bits per heavy atom. The summed E-state index contributed by atoms with van der Waals surface area (Å²) in [6, 6.07) is 18.1. The van der Waals surface area contributed by atoms with Gasteiger partial charge in [-0.1, -0.05) is 24.3 Å². The van der Waals surface area contributed by atoms with E-state index in [4.69, 9.17) is 9.15 Å². The third-order valence-electron chi connectivity index (χ3n) is 4.36. The van der Waals surface area contributed by atoms with Crippen LogP contribution in [0, 0.1) is 0 Å². The number of aliphatic hydroxyl groups is 1. The van der Waals surface area contributed by atoms with E-state index in [1.54, 1.807) is 19.2 Å². The number of aliphatic hydroxyl groups excluding tert-OH is 1. The Labute approximate surface area is 144 Å². The van der Waals surface area contributed by atoms with E-state index in [1.807, 2.05) is 36.4 Å². The van der Waals surface area contributed by atoms with E-state index in [-0.39, 0.29) is 12.0 Å². The molecule has 0 bridgehead atoms.